The van der Waals surface area contributed by atoms with Gasteiger partial charge < -0.3 is 9.74 Å². The number of halogens is 1. The zero-order chi connectivity index (χ0) is 21.6. The van der Waals surface area contributed by atoms with Gasteiger partial charge in [0, 0.05) is 29.2 Å². The van der Waals surface area contributed by atoms with E-state index in [-0.39, 0.29) is 0 Å². The van der Waals surface area contributed by atoms with Crippen LogP contribution in [0.25, 0.3) is 21.6 Å². The highest BCUT2D eigenvalue weighted by molar-refractivity contribution is 9.10. The Bertz CT molecular complexity index is 1140. The van der Waals surface area contributed by atoms with E-state index in [0.717, 1.165) is 53.1 Å². The maximum absolute atomic E-state index is 7.16. The van der Waals surface area contributed by atoms with Gasteiger partial charge in [-0.05, 0) is 76.3 Å². The van der Waals surface area contributed by atoms with Crippen molar-refractivity contribution >= 4 is 32.8 Å². The minimum absolute atomic E-state index is 0.512. The van der Waals surface area contributed by atoms with Crippen LogP contribution in [-0.4, -0.2) is 34.2 Å². The fraction of sp³-hybridized carbons (Fsp3) is 0.458. The zero-order valence-electron chi connectivity index (χ0n) is 18.4. The molecule has 2 aromatic heterocycles. The Morgan fingerprint density at radius 2 is 1.70 bits per heavy atom. The summed E-state index contributed by atoms with van der Waals surface area (Å²) >= 11 is 3.62. The van der Waals surface area contributed by atoms with E-state index >= 15 is 0 Å². The summed E-state index contributed by atoms with van der Waals surface area (Å²) in [6.45, 7) is 20.4. The van der Waals surface area contributed by atoms with E-state index in [1.54, 1.807) is 0 Å². The summed E-state index contributed by atoms with van der Waals surface area (Å²) in [6.07, 6.45) is 2.10. The van der Waals surface area contributed by atoms with Gasteiger partial charge in [0.25, 0.3) is 0 Å². The first-order chi connectivity index (χ1) is 14.3. The standard InChI is InChI=1S/C24H28BrN5/c1-14-11-20(25)12-15(2)22(14)30-17(4)16(3)21-23(27-18(5)28-24(21)30)29-9-7-19(8-10-29)13-26-6/h11-12,19H,7-10,13H2,1-5H3. The minimum atomic E-state index is 0.512. The quantitative estimate of drug-likeness (QED) is 0.454. The summed E-state index contributed by atoms with van der Waals surface area (Å²) in [5.41, 5.74) is 7.09. The highest BCUT2D eigenvalue weighted by atomic mass is 79.9. The van der Waals surface area contributed by atoms with Crippen molar-refractivity contribution in [1.29, 1.82) is 0 Å². The summed E-state index contributed by atoms with van der Waals surface area (Å²) in [4.78, 5) is 15.8. The second kappa shape index (κ2) is 8.03. The molecule has 1 aliphatic rings. The average molecular weight is 466 g/mol. The predicted octanol–water partition coefficient (Wildman–Crippen LogP) is 5.86. The van der Waals surface area contributed by atoms with Crippen molar-refractivity contribution in [2.24, 2.45) is 5.92 Å². The predicted molar refractivity (Wildman–Crippen MR) is 127 cm³/mol. The maximum Gasteiger partial charge on any atom is 0.217 e. The van der Waals surface area contributed by atoms with Crippen LogP contribution in [0.3, 0.4) is 0 Å². The van der Waals surface area contributed by atoms with Crippen LogP contribution in [0.2, 0.25) is 0 Å². The Kier molecular flexibility index (Phi) is 5.59. The Labute approximate surface area is 187 Å². The number of rotatable bonds is 3. The van der Waals surface area contributed by atoms with Crippen LogP contribution < -0.4 is 4.90 Å². The highest BCUT2D eigenvalue weighted by Crippen LogP contribution is 2.37. The van der Waals surface area contributed by atoms with Crippen LogP contribution in [0.15, 0.2) is 16.6 Å². The van der Waals surface area contributed by atoms with Crippen molar-refractivity contribution in [2.45, 2.75) is 47.5 Å². The molecule has 0 radical (unpaired) electrons. The molecule has 0 aliphatic carbocycles. The molecule has 0 saturated carbocycles. The van der Waals surface area contributed by atoms with Gasteiger partial charge in [-0.1, -0.05) is 15.9 Å². The van der Waals surface area contributed by atoms with Crippen molar-refractivity contribution < 1.29 is 0 Å². The van der Waals surface area contributed by atoms with E-state index in [9.17, 15) is 0 Å². The number of piperidine rings is 1. The van der Waals surface area contributed by atoms with Crippen LogP contribution in [0.4, 0.5) is 5.82 Å². The van der Waals surface area contributed by atoms with Gasteiger partial charge in [-0.2, -0.15) is 0 Å². The van der Waals surface area contributed by atoms with Gasteiger partial charge in [0.2, 0.25) is 6.54 Å². The van der Waals surface area contributed by atoms with Gasteiger partial charge >= 0.3 is 0 Å². The monoisotopic (exact) mass is 465 g/mol. The third kappa shape index (κ3) is 3.50. The van der Waals surface area contributed by atoms with Crippen LogP contribution >= 0.6 is 15.9 Å². The molecule has 6 heteroatoms. The number of nitrogens with zero attached hydrogens (tertiary/aromatic N) is 5. The first kappa shape index (κ1) is 20.9. The number of benzene rings is 1. The third-order valence-electron chi connectivity index (χ3n) is 6.39. The van der Waals surface area contributed by atoms with Gasteiger partial charge in [-0.15, -0.1) is 0 Å². The van der Waals surface area contributed by atoms with E-state index < -0.39 is 0 Å². The lowest BCUT2D eigenvalue weighted by atomic mass is 9.97. The van der Waals surface area contributed by atoms with E-state index in [2.05, 4.69) is 70.1 Å². The van der Waals surface area contributed by atoms with E-state index in [0.29, 0.717) is 12.5 Å². The topological polar surface area (TPSA) is 38.3 Å². The second-order valence-corrected chi connectivity index (χ2v) is 9.41. The van der Waals surface area contributed by atoms with Crippen LogP contribution in [0, 0.1) is 47.1 Å². The third-order valence-corrected chi connectivity index (χ3v) is 6.85. The molecule has 156 valence electrons. The molecule has 0 N–H and O–H groups in total. The summed E-state index contributed by atoms with van der Waals surface area (Å²) in [5, 5.41) is 1.16. The van der Waals surface area contributed by atoms with E-state index in [1.807, 2.05) is 6.92 Å². The summed E-state index contributed by atoms with van der Waals surface area (Å²) in [5.74, 6) is 2.36. The maximum atomic E-state index is 7.16. The van der Waals surface area contributed by atoms with Gasteiger partial charge in [0.15, 0.2) is 5.65 Å². The zero-order valence-corrected chi connectivity index (χ0v) is 20.0. The summed E-state index contributed by atoms with van der Waals surface area (Å²) in [7, 11) is 0. The first-order valence-electron chi connectivity index (χ1n) is 10.5. The lowest BCUT2D eigenvalue weighted by Gasteiger charge is -2.31. The second-order valence-electron chi connectivity index (χ2n) is 8.50. The van der Waals surface area contributed by atoms with Crippen LogP contribution in [0.1, 0.15) is 41.1 Å². The molecule has 1 aliphatic heterocycles. The molecule has 3 heterocycles. The molecular weight excluding hydrogens is 438 g/mol. The molecule has 0 unspecified atom stereocenters. The van der Waals surface area contributed by atoms with Crippen molar-refractivity contribution in [3.05, 3.63) is 56.2 Å². The lowest BCUT2D eigenvalue weighted by molar-refractivity contribution is 0.429. The summed E-state index contributed by atoms with van der Waals surface area (Å²) < 4.78 is 3.41. The fourth-order valence-corrected chi connectivity index (χ4v) is 5.45. The molecule has 0 atom stereocenters. The Hall–Kier alpha value is -2.39. The lowest BCUT2D eigenvalue weighted by Crippen LogP contribution is -2.35. The minimum Gasteiger partial charge on any atom is -0.356 e. The largest absolute Gasteiger partial charge is 0.356 e. The van der Waals surface area contributed by atoms with Crippen LogP contribution in [0.5, 0.6) is 0 Å². The van der Waals surface area contributed by atoms with Gasteiger partial charge in [-0.3, -0.25) is 4.57 Å². The number of aromatic nitrogens is 3. The molecule has 4 rings (SSSR count). The van der Waals surface area contributed by atoms with Crippen molar-refractivity contribution in [3.63, 3.8) is 0 Å². The summed E-state index contributed by atoms with van der Waals surface area (Å²) in [6, 6.07) is 4.33. The van der Waals surface area contributed by atoms with Crippen molar-refractivity contribution in [2.75, 3.05) is 24.5 Å². The number of hydrogen-bond acceptors (Lipinski definition) is 3. The molecule has 1 fully saturated rings. The van der Waals surface area contributed by atoms with Crippen LogP contribution in [-0.2, 0) is 0 Å². The normalized spacial score (nSPS) is 15.0. The Morgan fingerprint density at radius 1 is 1.07 bits per heavy atom. The SMILES string of the molecule is [C-]#[N+]CC1CCN(c2nc(C)nc3c2c(C)c(C)n3-c2c(C)cc(Br)cc2C)CC1. The van der Waals surface area contributed by atoms with E-state index in [1.165, 1.54) is 28.1 Å². The van der Waals surface area contributed by atoms with Crippen molar-refractivity contribution in [1.82, 2.24) is 14.5 Å². The molecule has 5 nitrogen and oxygen atoms in total. The number of hydrogen-bond donors (Lipinski definition) is 0. The number of fused-ring (bicyclic) bond motifs is 1. The molecule has 0 amide bonds. The van der Waals surface area contributed by atoms with Gasteiger partial charge in [0.1, 0.15) is 11.6 Å². The molecule has 1 aromatic carbocycles. The molecule has 30 heavy (non-hydrogen) atoms. The number of anilines is 1. The number of aryl methyl sites for hydroxylation is 4. The van der Waals surface area contributed by atoms with E-state index in [4.69, 9.17) is 16.5 Å². The molecule has 0 bridgehead atoms. The molecule has 3 aromatic rings. The molecule has 1 saturated heterocycles. The first-order valence-corrected chi connectivity index (χ1v) is 11.3. The smallest absolute Gasteiger partial charge is 0.217 e. The Morgan fingerprint density at radius 3 is 2.30 bits per heavy atom. The van der Waals surface area contributed by atoms with Gasteiger partial charge in [-0.25, -0.2) is 16.5 Å². The van der Waals surface area contributed by atoms with Crippen molar-refractivity contribution in [3.8, 4) is 5.69 Å². The average Bonchev–Trinajstić information content (AvgIpc) is 2.92. The fourth-order valence-electron chi connectivity index (χ4n) is 4.76. The Balaban J connectivity index is 1.89. The van der Waals surface area contributed by atoms with Gasteiger partial charge in [0.05, 0.1) is 11.1 Å². The molecular formula is C24H28BrN5. The highest BCUT2D eigenvalue weighted by Gasteiger charge is 2.27. The molecule has 0 spiro atoms.